The second kappa shape index (κ2) is 10.0. The number of esters is 1. The summed E-state index contributed by atoms with van der Waals surface area (Å²) in [5.41, 5.74) is -1.55. The molecule has 2 aliphatic carbocycles. The van der Waals surface area contributed by atoms with Gasteiger partial charge in [-0.2, -0.15) is 0 Å². The average Bonchev–Trinajstić information content (AvgIpc) is 3.13. The number of aliphatic hydroxyl groups excluding tert-OH is 1. The number of amides is 1. The minimum absolute atomic E-state index is 0.287. The fraction of sp³-hybridized carbons (Fsp3) is 0.500. The number of hydrogen-bond donors (Lipinski definition) is 3. The van der Waals surface area contributed by atoms with Gasteiger partial charge in [-0.15, -0.1) is 0 Å². The van der Waals surface area contributed by atoms with Gasteiger partial charge in [0.15, 0.2) is 5.78 Å². The Balaban J connectivity index is 1.94. The van der Waals surface area contributed by atoms with E-state index in [1.165, 1.54) is 26.0 Å². The van der Waals surface area contributed by atoms with Crippen molar-refractivity contribution in [2.75, 3.05) is 0 Å². The third kappa shape index (κ3) is 4.59. The average molecular weight is 508 g/mol. The van der Waals surface area contributed by atoms with Gasteiger partial charge >= 0.3 is 5.97 Å². The van der Waals surface area contributed by atoms with Crippen molar-refractivity contribution in [1.82, 2.24) is 5.32 Å². The van der Waals surface area contributed by atoms with Gasteiger partial charge in [0, 0.05) is 30.7 Å². The predicted molar refractivity (Wildman–Crippen MR) is 139 cm³/mol. The Kier molecular flexibility index (Phi) is 7.32. The van der Waals surface area contributed by atoms with Crippen LogP contribution in [0.15, 0.2) is 66.8 Å². The van der Waals surface area contributed by atoms with E-state index >= 15 is 0 Å². The molecule has 3 N–H and O–H groups in total. The van der Waals surface area contributed by atoms with Crippen LogP contribution < -0.4 is 5.32 Å². The van der Waals surface area contributed by atoms with Crippen LogP contribution in [-0.2, 0) is 25.5 Å². The molecule has 1 aromatic rings. The lowest BCUT2D eigenvalue weighted by molar-refractivity contribution is -0.166. The highest BCUT2D eigenvalue weighted by Crippen LogP contribution is 2.58. The largest absolute Gasteiger partial charge is 0.457 e. The number of aliphatic hydroxyl groups is 2. The minimum atomic E-state index is -1.82. The number of allylic oxidation sites excluding steroid dienone is 1. The van der Waals surface area contributed by atoms with Crippen molar-refractivity contribution >= 4 is 17.7 Å². The van der Waals surface area contributed by atoms with E-state index in [9.17, 15) is 24.6 Å². The predicted octanol–water partition coefficient (Wildman–Crippen LogP) is 2.92. The van der Waals surface area contributed by atoms with Crippen molar-refractivity contribution < 1.29 is 29.3 Å². The maximum absolute atomic E-state index is 14.2. The molecule has 1 amide bonds. The second-order valence-electron chi connectivity index (χ2n) is 11.0. The minimum Gasteiger partial charge on any atom is -0.457 e. The third-order valence-corrected chi connectivity index (χ3v) is 8.53. The zero-order valence-corrected chi connectivity index (χ0v) is 21.9. The molecule has 7 heteroatoms. The van der Waals surface area contributed by atoms with Crippen LogP contribution in [0, 0.1) is 29.1 Å². The van der Waals surface area contributed by atoms with E-state index in [0.717, 1.165) is 5.56 Å². The third-order valence-electron chi connectivity index (χ3n) is 8.53. The Morgan fingerprint density at radius 3 is 2.51 bits per heavy atom. The fourth-order valence-corrected chi connectivity index (χ4v) is 6.68. The molecular formula is C30H37NO6. The van der Waals surface area contributed by atoms with Crippen molar-refractivity contribution in [3.63, 3.8) is 0 Å². The normalized spacial score (nSPS) is 40.7. The Bertz CT molecular complexity index is 1140. The van der Waals surface area contributed by atoms with Crippen LogP contribution >= 0.6 is 0 Å². The van der Waals surface area contributed by atoms with Gasteiger partial charge in [-0.1, -0.05) is 62.9 Å². The van der Waals surface area contributed by atoms with Gasteiger partial charge in [-0.05, 0) is 49.0 Å². The lowest BCUT2D eigenvalue weighted by Crippen LogP contribution is -2.60. The van der Waals surface area contributed by atoms with E-state index in [1.54, 1.807) is 19.1 Å². The first-order valence-electron chi connectivity index (χ1n) is 12.9. The Labute approximate surface area is 218 Å². The first-order valence-corrected chi connectivity index (χ1v) is 12.9. The van der Waals surface area contributed by atoms with E-state index in [4.69, 9.17) is 4.74 Å². The van der Waals surface area contributed by atoms with Crippen LogP contribution in [0.25, 0.3) is 0 Å². The number of carbonyl (C=O) groups excluding carboxylic acids is 3. The molecule has 1 aromatic carbocycles. The fourth-order valence-electron chi connectivity index (χ4n) is 6.68. The summed E-state index contributed by atoms with van der Waals surface area (Å²) in [6.07, 6.45) is 5.01. The lowest BCUT2D eigenvalue weighted by atomic mass is 9.51. The molecule has 2 fully saturated rings. The molecule has 3 aliphatic rings. The van der Waals surface area contributed by atoms with Gasteiger partial charge in [-0.25, -0.2) is 0 Å². The van der Waals surface area contributed by atoms with Gasteiger partial charge in [0.1, 0.15) is 17.1 Å². The van der Waals surface area contributed by atoms with Gasteiger partial charge in [0.2, 0.25) is 5.91 Å². The molecule has 1 unspecified atom stereocenters. The summed E-state index contributed by atoms with van der Waals surface area (Å²) in [6.45, 7) is 10.5. The summed E-state index contributed by atoms with van der Waals surface area (Å²) in [5.74, 6) is -3.26. The van der Waals surface area contributed by atoms with Crippen LogP contribution in [-0.4, -0.2) is 51.7 Å². The lowest BCUT2D eigenvalue weighted by Gasteiger charge is -2.52. The van der Waals surface area contributed by atoms with Crippen molar-refractivity contribution in [3.8, 4) is 0 Å². The number of ketones is 1. The standard InChI is InChI=1S/C30H37NO6/c1-17-10-9-13-22-26(33)19(3)18(2)25-23(16-21-11-7-6-8-12-21)31-28(35)30(22,25)24(37-20(4)32)14-15-29(5,36)27(17)34/h6-9,11-15,17-18,22-26,33,36H,3,10,16H2,1-2,4-5H3,(H,31,35)/b13-9+,15-14?/t17?,18-,22+,23+,24-,25+,26-,29-,30-/m1/s1. The molecule has 9 atom stereocenters. The molecule has 1 heterocycles. The molecule has 4 rings (SSSR count). The molecule has 0 bridgehead atoms. The number of benzene rings is 1. The van der Waals surface area contributed by atoms with E-state index in [-0.39, 0.29) is 23.7 Å². The quantitative estimate of drug-likeness (QED) is 0.428. The molecular weight excluding hydrogens is 470 g/mol. The molecule has 1 saturated heterocycles. The number of carbonyl (C=O) groups is 3. The number of nitrogens with one attached hydrogen (secondary N) is 1. The maximum atomic E-state index is 14.2. The number of hydrogen-bond acceptors (Lipinski definition) is 6. The first-order chi connectivity index (χ1) is 17.4. The second-order valence-corrected chi connectivity index (χ2v) is 11.0. The van der Waals surface area contributed by atoms with Crippen molar-refractivity contribution in [3.05, 3.63) is 72.4 Å². The highest BCUT2D eigenvalue weighted by molar-refractivity contribution is 5.91. The number of rotatable bonds is 3. The number of Topliss-reactive ketones (excluding diaryl/α,β-unsaturated/α-hetero) is 1. The smallest absolute Gasteiger partial charge is 0.303 e. The molecule has 0 radical (unpaired) electrons. The molecule has 1 aliphatic heterocycles. The van der Waals surface area contributed by atoms with Gasteiger partial charge in [-0.3, -0.25) is 14.4 Å². The summed E-state index contributed by atoms with van der Waals surface area (Å²) in [7, 11) is 0. The summed E-state index contributed by atoms with van der Waals surface area (Å²) in [6, 6.07) is 9.49. The summed E-state index contributed by atoms with van der Waals surface area (Å²) < 4.78 is 5.81. The van der Waals surface area contributed by atoms with Crippen LogP contribution in [0.4, 0.5) is 0 Å². The molecule has 37 heavy (non-hydrogen) atoms. The topological polar surface area (TPSA) is 113 Å². The van der Waals surface area contributed by atoms with Crippen molar-refractivity contribution in [2.24, 2.45) is 29.1 Å². The molecule has 7 nitrogen and oxygen atoms in total. The van der Waals surface area contributed by atoms with Crippen LogP contribution in [0.1, 0.15) is 39.7 Å². The molecule has 1 spiro atoms. The zero-order chi connectivity index (χ0) is 27.1. The van der Waals surface area contributed by atoms with Gasteiger partial charge in [0.05, 0.1) is 6.10 Å². The highest BCUT2D eigenvalue weighted by atomic mass is 16.5. The monoisotopic (exact) mass is 507 g/mol. The number of ether oxygens (including phenoxy) is 1. The van der Waals surface area contributed by atoms with Crippen molar-refractivity contribution in [2.45, 2.75) is 64.4 Å². The summed E-state index contributed by atoms with van der Waals surface area (Å²) >= 11 is 0. The van der Waals surface area contributed by atoms with E-state index in [2.05, 4.69) is 11.9 Å². The Morgan fingerprint density at radius 2 is 1.86 bits per heavy atom. The highest BCUT2D eigenvalue weighted by Gasteiger charge is 2.68. The molecule has 0 aromatic heterocycles. The van der Waals surface area contributed by atoms with Gasteiger partial charge in [0.25, 0.3) is 0 Å². The van der Waals surface area contributed by atoms with Crippen LogP contribution in [0.3, 0.4) is 0 Å². The summed E-state index contributed by atoms with van der Waals surface area (Å²) in [5, 5.41) is 25.7. The Morgan fingerprint density at radius 1 is 1.19 bits per heavy atom. The maximum Gasteiger partial charge on any atom is 0.303 e. The summed E-state index contributed by atoms with van der Waals surface area (Å²) in [4.78, 5) is 39.5. The van der Waals surface area contributed by atoms with Crippen molar-refractivity contribution in [1.29, 1.82) is 0 Å². The molecule has 1 saturated carbocycles. The van der Waals surface area contributed by atoms with E-state index in [0.29, 0.717) is 18.4 Å². The SMILES string of the molecule is C=C1[C@@H](C)[C@H]2[C@H](Cc3ccccc3)NC(=O)[C@]23[C@H](OC(C)=O)C=C[C@@](C)(O)C(=O)C(C)C/C=C/[C@H]3[C@@H]1O. The zero-order valence-electron chi connectivity index (χ0n) is 21.9. The van der Waals surface area contributed by atoms with E-state index < -0.39 is 46.9 Å². The van der Waals surface area contributed by atoms with Crippen LogP contribution in [0.2, 0.25) is 0 Å². The van der Waals surface area contributed by atoms with Gasteiger partial charge < -0.3 is 20.3 Å². The van der Waals surface area contributed by atoms with E-state index in [1.807, 2.05) is 37.3 Å². The van der Waals surface area contributed by atoms with Crippen LogP contribution in [0.5, 0.6) is 0 Å². The molecule has 198 valence electrons. The Hall–Kier alpha value is -3.03. The first kappa shape index (κ1) is 27.0.